The normalized spacial score (nSPS) is 15.3. The number of allylic oxidation sites excluding steroid dienone is 1. The summed E-state index contributed by atoms with van der Waals surface area (Å²) in [5, 5.41) is 10.3. The first kappa shape index (κ1) is 26.9. The highest BCUT2D eigenvalue weighted by Gasteiger charge is 2.33. The van der Waals surface area contributed by atoms with E-state index in [2.05, 4.69) is 4.99 Å². The van der Waals surface area contributed by atoms with Crippen LogP contribution in [0.5, 0.6) is 17.2 Å². The number of rotatable bonds is 8. The maximum absolute atomic E-state index is 13.8. The summed E-state index contributed by atoms with van der Waals surface area (Å²) in [5.74, 6) is 0.600. The molecule has 3 aromatic rings. The first-order chi connectivity index (χ1) is 17.8. The molecule has 0 amide bonds. The minimum atomic E-state index is -0.702. The van der Waals surface area contributed by atoms with Crippen LogP contribution in [-0.4, -0.2) is 35.5 Å². The lowest BCUT2D eigenvalue weighted by molar-refractivity contribution is -0.139. The molecule has 37 heavy (non-hydrogen) atoms. The van der Waals surface area contributed by atoms with Crippen molar-refractivity contribution in [2.75, 3.05) is 19.8 Å². The number of carbonyl (C=O) groups is 1. The van der Waals surface area contributed by atoms with Gasteiger partial charge in [0.15, 0.2) is 16.3 Å². The van der Waals surface area contributed by atoms with Crippen LogP contribution < -0.4 is 24.4 Å². The molecule has 0 spiro atoms. The van der Waals surface area contributed by atoms with Gasteiger partial charge in [-0.25, -0.2) is 9.79 Å². The summed E-state index contributed by atoms with van der Waals surface area (Å²) in [6.07, 6.45) is 1.74. The molecule has 194 valence electrons. The first-order valence-corrected chi connectivity index (χ1v) is 13.8. The maximum atomic E-state index is 13.8. The van der Waals surface area contributed by atoms with Crippen LogP contribution in [-0.2, 0) is 9.53 Å². The second kappa shape index (κ2) is 11.5. The van der Waals surface area contributed by atoms with E-state index in [0.717, 1.165) is 5.56 Å². The predicted octanol–water partition coefficient (Wildman–Crippen LogP) is 3.91. The van der Waals surface area contributed by atoms with Gasteiger partial charge in [-0.15, -0.1) is 0 Å². The van der Waals surface area contributed by atoms with E-state index in [1.54, 1.807) is 36.6 Å². The van der Waals surface area contributed by atoms with Gasteiger partial charge < -0.3 is 19.3 Å². The molecule has 0 fully saturated rings. The van der Waals surface area contributed by atoms with Crippen LogP contribution in [0.25, 0.3) is 6.08 Å². The van der Waals surface area contributed by atoms with Gasteiger partial charge in [0, 0.05) is 0 Å². The zero-order chi connectivity index (χ0) is 26.7. The molecule has 0 unspecified atom stereocenters. The Morgan fingerprint density at radius 2 is 1.84 bits per heavy atom. The van der Waals surface area contributed by atoms with Crippen LogP contribution in [0.4, 0.5) is 0 Å². The molecule has 2 heterocycles. The largest absolute Gasteiger partial charge is 0.504 e. The molecule has 1 atom stereocenters. The van der Waals surface area contributed by atoms with Crippen molar-refractivity contribution in [1.29, 1.82) is 0 Å². The predicted molar refractivity (Wildman–Crippen MR) is 150 cm³/mol. The molecule has 8 nitrogen and oxygen atoms in total. The van der Waals surface area contributed by atoms with Crippen LogP contribution in [0, 0.1) is 3.57 Å². The lowest BCUT2D eigenvalue weighted by Crippen LogP contribution is -2.39. The molecule has 1 aliphatic heterocycles. The van der Waals surface area contributed by atoms with E-state index < -0.39 is 12.0 Å². The van der Waals surface area contributed by atoms with Crippen molar-refractivity contribution < 1.29 is 24.1 Å². The molecule has 0 radical (unpaired) electrons. The average molecular weight is 634 g/mol. The van der Waals surface area contributed by atoms with Crippen LogP contribution in [0.15, 0.2) is 57.5 Å². The van der Waals surface area contributed by atoms with Gasteiger partial charge in [-0.2, -0.15) is 0 Å². The van der Waals surface area contributed by atoms with Crippen molar-refractivity contribution in [3.63, 3.8) is 0 Å². The van der Waals surface area contributed by atoms with Gasteiger partial charge in [0.25, 0.3) is 5.56 Å². The molecule has 0 aliphatic carbocycles. The highest BCUT2D eigenvalue weighted by atomic mass is 127. The third-order valence-electron chi connectivity index (χ3n) is 5.67. The van der Waals surface area contributed by atoms with E-state index in [1.165, 1.54) is 11.3 Å². The van der Waals surface area contributed by atoms with E-state index in [-0.39, 0.29) is 17.9 Å². The van der Waals surface area contributed by atoms with Gasteiger partial charge in [0.1, 0.15) is 5.75 Å². The molecule has 1 aliphatic rings. The number of fused-ring (bicyclic) bond motifs is 1. The second-order valence-electron chi connectivity index (χ2n) is 8.09. The van der Waals surface area contributed by atoms with Gasteiger partial charge >= 0.3 is 5.97 Å². The summed E-state index contributed by atoms with van der Waals surface area (Å²) in [5.41, 5.74) is 1.99. The van der Waals surface area contributed by atoms with E-state index in [9.17, 15) is 14.7 Å². The standard InChI is InChI=1S/C27H27IN2O6S/c1-5-34-18-10-8-17(9-11-18)23-22(26(33)36-7-3)15(4)29-27-30(23)25(32)21(37-27)14-16-12-19(28)24(31)20(13-16)35-6-2/h8-14,23,31H,5-7H2,1-4H3/b21-14-/t23-/m1/s1. The van der Waals surface area contributed by atoms with Gasteiger partial charge in [0.05, 0.1) is 45.2 Å². The zero-order valence-electron chi connectivity index (χ0n) is 20.9. The van der Waals surface area contributed by atoms with Gasteiger partial charge in [-0.05, 0) is 91.8 Å². The Bertz CT molecular complexity index is 1540. The zero-order valence-corrected chi connectivity index (χ0v) is 23.9. The number of aromatic nitrogens is 1. The summed E-state index contributed by atoms with van der Waals surface area (Å²) in [7, 11) is 0. The van der Waals surface area contributed by atoms with Crippen LogP contribution in [0.1, 0.15) is 44.9 Å². The fraction of sp³-hybridized carbons (Fsp3) is 0.296. The highest BCUT2D eigenvalue weighted by molar-refractivity contribution is 14.1. The van der Waals surface area contributed by atoms with E-state index >= 15 is 0 Å². The molecule has 4 rings (SSSR count). The smallest absolute Gasteiger partial charge is 0.338 e. The van der Waals surface area contributed by atoms with Crippen molar-refractivity contribution in [2.45, 2.75) is 33.7 Å². The lowest BCUT2D eigenvalue weighted by Gasteiger charge is -2.24. The Morgan fingerprint density at radius 3 is 2.49 bits per heavy atom. The minimum absolute atomic E-state index is 0.0614. The number of hydrogen-bond acceptors (Lipinski definition) is 8. The Hall–Kier alpha value is -3.12. The summed E-state index contributed by atoms with van der Waals surface area (Å²) < 4.78 is 19.0. The highest BCUT2D eigenvalue weighted by Crippen LogP contribution is 2.34. The maximum Gasteiger partial charge on any atom is 0.338 e. The molecular weight excluding hydrogens is 607 g/mol. The van der Waals surface area contributed by atoms with Crippen molar-refractivity contribution in [3.05, 3.63) is 82.1 Å². The molecule has 10 heteroatoms. The topological polar surface area (TPSA) is 99.4 Å². The third kappa shape index (κ3) is 5.45. The molecule has 2 aromatic carbocycles. The average Bonchev–Trinajstić information content (AvgIpc) is 3.16. The fourth-order valence-electron chi connectivity index (χ4n) is 4.11. The summed E-state index contributed by atoms with van der Waals surface area (Å²) >= 11 is 3.26. The van der Waals surface area contributed by atoms with E-state index in [4.69, 9.17) is 14.2 Å². The van der Waals surface area contributed by atoms with E-state index in [0.29, 0.717) is 54.5 Å². The van der Waals surface area contributed by atoms with Crippen molar-refractivity contribution in [2.24, 2.45) is 4.99 Å². The number of esters is 1. The van der Waals surface area contributed by atoms with Crippen molar-refractivity contribution in [3.8, 4) is 17.2 Å². The molecule has 0 saturated heterocycles. The number of ether oxygens (including phenoxy) is 3. The molecular formula is C27H27IN2O6S. The Balaban J connectivity index is 1.91. The molecule has 1 N–H and O–H groups in total. The van der Waals surface area contributed by atoms with Gasteiger partial charge in [-0.3, -0.25) is 9.36 Å². The lowest BCUT2D eigenvalue weighted by atomic mass is 9.96. The third-order valence-corrected chi connectivity index (χ3v) is 7.48. The quantitative estimate of drug-likeness (QED) is 0.298. The second-order valence-corrected chi connectivity index (χ2v) is 10.3. The summed E-state index contributed by atoms with van der Waals surface area (Å²) in [6.45, 7) is 8.37. The van der Waals surface area contributed by atoms with Gasteiger partial charge in [-0.1, -0.05) is 23.5 Å². The number of aromatic hydroxyl groups is 1. The van der Waals surface area contributed by atoms with Gasteiger partial charge in [0.2, 0.25) is 0 Å². The number of nitrogens with zero attached hydrogens (tertiary/aromatic N) is 2. The number of benzene rings is 2. The fourth-order valence-corrected chi connectivity index (χ4v) is 5.79. The summed E-state index contributed by atoms with van der Waals surface area (Å²) in [4.78, 5) is 31.9. The number of phenolic OH excluding ortho intramolecular Hbond substituents is 1. The molecule has 0 saturated carbocycles. The summed E-state index contributed by atoms with van der Waals surface area (Å²) in [6, 6.07) is 10.1. The van der Waals surface area contributed by atoms with Crippen LogP contribution >= 0.6 is 33.9 Å². The molecule has 1 aromatic heterocycles. The Labute approximate surface area is 231 Å². The van der Waals surface area contributed by atoms with Crippen molar-refractivity contribution in [1.82, 2.24) is 4.57 Å². The minimum Gasteiger partial charge on any atom is -0.504 e. The number of hydrogen-bond donors (Lipinski definition) is 1. The van der Waals surface area contributed by atoms with Crippen LogP contribution in [0.2, 0.25) is 0 Å². The number of carbonyl (C=O) groups excluding carboxylic acids is 1. The SMILES string of the molecule is CCOC(=O)C1=C(C)N=c2s/c(=C\c3cc(I)c(O)c(OCC)c3)c(=O)n2[C@@H]1c1ccc(OCC)cc1. The van der Waals surface area contributed by atoms with Crippen LogP contribution in [0.3, 0.4) is 0 Å². The Kier molecular flexibility index (Phi) is 8.38. The molecule has 0 bridgehead atoms. The number of phenols is 1. The first-order valence-electron chi connectivity index (χ1n) is 11.9. The van der Waals surface area contributed by atoms with Crippen molar-refractivity contribution >= 4 is 46.0 Å². The number of halogens is 1. The number of thiazole rings is 1. The Morgan fingerprint density at radius 1 is 1.14 bits per heavy atom. The van der Waals surface area contributed by atoms with E-state index in [1.807, 2.05) is 60.7 Å². The monoisotopic (exact) mass is 634 g/mol.